The van der Waals surface area contributed by atoms with E-state index < -0.39 is 0 Å². The molecule has 1 aromatic rings. The zero-order chi connectivity index (χ0) is 9.97. The second-order valence-corrected chi connectivity index (χ2v) is 3.74. The molecule has 4 heteroatoms. The highest BCUT2D eigenvalue weighted by atomic mass is 16.3. The summed E-state index contributed by atoms with van der Waals surface area (Å²) in [7, 11) is 0. The van der Waals surface area contributed by atoms with Gasteiger partial charge in [0.1, 0.15) is 5.69 Å². The SMILES string of the molecule is O=Cc1ccnn1C1CCCCC1O. The molecule has 2 unspecified atom stereocenters. The number of rotatable bonds is 2. The summed E-state index contributed by atoms with van der Waals surface area (Å²) >= 11 is 0. The van der Waals surface area contributed by atoms with Crippen molar-refractivity contribution in [2.75, 3.05) is 0 Å². The smallest absolute Gasteiger partial charge is 0.168 e. The number of hydrogen-bond donors (Lipinski definition) is 1. The highest BCUT2D eigenvalue weighted by Crippen LogP contribution is 2.28. The molecular formula is C10H14N2O2. The first kappa shape index (κ1) is 9.40. The highest BCUT2D eigenvalue weighted by Gasteiger charge is 2.26. The van der Waals surface area contributed by atoms with Gasteiger partial charge in [-0.05, 0) is 18.9 Å². The van der Waals surface area contributed by atoms with E-state index in [0.29, 0.717) is 5.69 Å². The van der Waals surface area contributed by atoms with E-state index in [1.54, 1.807) is 16.9 Å². The summed E-state index contributed by atoms with van der Waals surface area (Å²) in [5.41, 5.74) is 0.552. The summed E-state index contributed by atoms with van der Waals surface area (Å²) in [5.74, 6) is 0. The van der Waals surface area contributed by atoms with Crippen molar-refractivity contribution in [3.8, 4) is 0 Å². The standard InChI is InChI=1S/C10H14N2O2/c13-7-8-5-6-11-12(8)9-3-1-2-4-10(9)14/h5-7,9-10,14H,1-4H2. The van der Waals surface area contributed by atoms with Gasteiger partial charge in [0, 0.05) is 6.20 Å². The summed E-state index contributed by atoms with van der Waals surface area (Å²) in [5, 5.41) is 13.9. The van der Waals surface area contributed by atoms with Gasteiger partial charge in [0.05, 0.1) is 12.1 Å². The fourth-order valence-corrected chi connectivity index (χ4v) is 2.07. The molecule has 1 heterocycles. The fourth-order valence-electron chi connectivity index (χ4n) is 2.07. The number of carbonyl (C=O) groups is 1. The van der Waals surface area contributed by atoms with E-state index in [2.05, 4.69) is 5.10 Å². The molecule has 1 aromatic heterocycles. The molecule has 0 radical (unpaired) electrons. The molecule has 1 aliphatic rings. The zero-order valence-electron chi connectivity index (χ0n) is 7.97. The molecule has 0 aliphatic heterocycles. The summed E-state index contributed by atoms with van der Waals surface area (Å²) in [6, 6.07) is 1.66. The number of carbonyl (C=O) groups excluding carboxylic acids is 1. The van der Waals surface area contributed by atoms with Gasteiger partial charge in [0.15, 0.2) is 6.29 Å². The van der Waals surface area contributed by atoms with Crippen LogP contribution in [0.4, 0.5) is 0 Å². The van der Waals surface area contributed by atoms with Crippen molar-refractivity contribution in [2.24, 2.45) is 0 Å². The predicted octanol–water partition coefficient (Wildman–Crippen LogP) is 1.17. The molecule has 14 heavy (non-hydrogen) atoms. The average Bonchev–Trinajstić information content (AvgIpc) is 2.66. The Morgan fingerprint density at radius 2 is 2.29 bits per heavy atom. The third-order valence-electron chi connectivity index (χ3n) is 2.83. The Morgan fingerprint density at radius 1 is 1.50 bits per heavy atom. The van der Waals surface area contributed by atoms with Crippen LogP contribution in [0.5, 0.6) is 0 Å². The van der Waals surface area contributed by atoms with Crippen LogP contribution in [0.15, 0.2) is 12.3 Å². The topological polar surface area (TPSA) is 55.1 Å². The van der Waals surface area contributed by atoms with E-state index in [4.69, 9.17) is 0 Å². The van der Waals surface area contributed by atoms with Gasteiger partial charge < -0.3 is 5.11 Å². The minimum Gasteiger partial charge on any atom is -0.391 e. The number of aromatic nitrogens is 2. The monoisotopic (exact) mass is 194 g/mol. The molecule has 0 saturated heterocycles. The Labute approximate surface area is 82.5 Å². The Hall–Kier alpha value is -1.16. The van der Waals surface area contributed by atoms with Gasteiger partial charge in [0.2, 0.25) is 0 Å². The fraction of sp³-hybridized carbons (Fsp3) is 0.600. The third kappa shape index (κ3) is 1.57. The molecule has 1 N–H and O–H groups in total. The zero-order valence-corrected chi connectivity index (χ0v) is 7.97. The minimum absolute atomic E-state index is 0.0149. The van der Waals surface area contributed by atoms with Crippen LogP contribution in [-0.2, 0) is 0 Å². The van der Waals surface area contributed by atoms with Gasteiger partial charge in [-0.3, -0.25) is 9.48 Å². The van der Waals surface area contributed by atoms with Crippen LogP contribution in [-0.4, -0.2) is 27.3 Å². The highest BCUT2D eigenvalue weighted by molar-refractivity contribution is 5.71. The van der Waals surface area contributed by atoms with Crippen LogP contribution >= 0.6 is 0 Å². The van der Waals surface area contributed by atoms with E-state index in [1.807, 2.05) is 0 Å². The van der Waals surface area contributed by atoms with Crippen LogP contribution < -0.4 is 0 Å². The predicted molar refractivity (Wildman–Crippen MR) is 51.1 cm³/mol. The lowest BCUT2D eigenvalue weighted by atomic mass is 9.92. The van der Waals surface area contributed by atoms with Gasteiger partial charge in [-0.15, -0.1) is 0 Å². The first-order chi connectivity index (χ1) is 6.83. The molecule has 1 saturated carbocycles. The molecule has 1 fully saturated rings. The summed E-state index contributed by atoms with van der Waals surface area (Å²) < 4.78 is 1.65. The van der Waals surface area contributed by atoms with Crippen LogP contribution in [0.3, 0.4) is 0 Å². The largest absolute Gasteiger partial charge is 0.391 e. The Morgan fingerprint density at radius 3 is 3.00 bits per heavy atom. The van der Waals surface area contributed by atoms with Crippen LogP contribution in [0, 0.1) is 0 Å². The minimum atomic E-state index is -0.359. The van der Waals surface area contributed by atoms with Gasteiger partial charge in [0.25, 0.3) is 0 Å². The second kappa shape index (κ2) is 3.92. The van der Waals surface area contributed by atoms with Crippen molar-refractivity contribution in [3.63, 3.8) is 0 Å². The lowest BCUT2D eigenvalue weighted by Crippen LogP contribution is -2.29. The lowest BCUT2D eigenvalue weighted by molar-refractivity contribution is 0.0677. The first-order valence-electron chi connectivity index (χ1n) is 4.99. The van der Waals surface area contributed by atoms with Gasteiger partial charge >= 0.3 is 0 Å². The van der Waals surface area contributed by atoms with Crippen LogP contribution in [0.2, 0.25) is 0 Å². The van der Waals surface area contributed by atoms with E-state index in [0.717, 1.165) is 32.0 Å². The van der Waals surface area contributed by atoms with Crippen molar-refractivity contribution < 1.29 is 9.90 Å². The lowest BCUT2D eigenvalue weighted by Gasteiger charge is -2.28. The second-order valence-electron chi connectivity index (χ2n) is 3.74. The molecule has 2 atom stereocenters. The Bertz CT molecular complexity index is 322. The molecule has 2 rings (SSSR count). The van der Waals surface area contributed by atoms with Crippen molar-refractivity contribution in [1.82, 2.24) is 9.78 Å². The number of aliphatic hydroxyl groups is 1. The number of hydrogen-bond acceptors (Lipinski definition) is 3. The number of aliphatic hydroxyl groups excluding tert-OH is 1. The van der Waals surface area contributed by atoms with Gasteiger partial charge in [-0.25, -0.2) is 0 Å². The summed E-state index contributed by atoms with van der Waals surface area (Å²) in [6.07, 6.45) is 5.91. The maximum Gasteiger partial charge on any atom is 0.168 e. The Balaban J connectivity index is 2.24. The molecule has 0 amide bonds. The Kier molecular flexibility index (Phi) is 2.63. The maximum atomic E-state index is 10.7. The maximum absolute atomic E-state index is 10.7. The first-order valence-corrected chi connectivity index (χ1v) is 4.99. The van der Waals surface area contributed by atoms with Crippen LogP contribution in [0.25, 0.3) is 0 Å². The molecule has 0 bridgehead atoms. The molecular weight excluding hydrogens is 180 g/mol. The quantitative estimate of drug-likeness (QED) is 0.719. The van der Waals surface area contributed by atoms with Crippen molar-refractivity contribution >= 4 is 6.29 Å². The number of aldehydes is 1. The molecule has 0 spiro atoms. The van der Waals surface area contributed by atoms with E-state index in [9.17, 15) is 9.90 Å². The molecule has 1 aliphatic carbocycles. The van der Waals surface area contributed by atoms with Gasteiger partial charge in [-0.2, -0.15) is 5.10 Å². The average molecular weight is 194 g/mol. The van der Waals surface area contributed by atoms with Gasteiger partial charge in [-0.1, -0.05) is 12.8 Å². The van der Waals surface area contributed by atoms with Crippen molar-refractivity contribution in [2.45, 2.75) is 37.8 Å². The van der Waals surface area contributed by atoms with Crippen LogP contribution in [0.1, 0.15) is 42.2 Å². The van der Waals surface area contributed by atoms with Crippen molar-refractivity contribution in [1.29, 1.82) is 0 Å². The van der Waals surface area contributed by atoms with E-state index >= 15 is 0 Å². The summed E-state index contributed by atoms with van der Waals surface area (Å²) in [6.45, 7) is 0. The van der Waals surface area contributed by atoms with E-state index in [-0.39, 0.29) is 12.1 Å². The van der Waals surface area contributed by atoms with Crippen molar-refractivity contribution in [3.05, 3.63) is 18.0 Å². The van der Waals surface area contributed by atoms with E-state index in [1.165, 1.54) is 0 Å². The number of nitrogens with zero attached hydrogens (tertiary/aromatic N) is 2. The normalized spacial score (nSPS) is 27.5. The molecule has 4 nitrogen and oxygen atoms in total. The molecule has 76 valence electrons. The molecule has 0 aromatic carbocycles. The summed E-state index contributed by atoms with van der Waals surface area (Å²) in [4.78, 5) is 10.7. The third-order valence-corrected chi connectivity index (χ3v) is 2.83.